The first-order chi connectivity index (χ1) is 30.2. The number of furan rings is 1. The molecule has 3 heterocycles. The Hall–Kier alpha value is -8.14. The van der Waals surface area contributed by atoms with Crippen LogP contribution in [0.1, 0.15) is 0 Å². The lowest BCUT2D eigenvalue weighted by molar-refractivity contribution is 0.670. The number of fused-ring (bicyclic) bond motifs is 11. The number of benzene rings is 10. The van der Waals surface area contributed by atoms with Crippen molar-refractivity contribution < 1.29 is 4.42 Å². The van der Waals surface area contributed by atoms with E-state index in [1.54, 1.807) is 0 Å². The van der Waals surface area contributed by atoms with Crippen LogP contribution in [-0.4, -0.2) is 9.13 Å². The van der Waals surface area contributed by atoms with E-state index in [4.69, 9.17) is 4.42 Å². The second-order valence-electron chi connectivity index (χ2n) is 16.1. The van der Waals surface area contributed by atoms with Gasteiger partial charge in [-0.2, -0.15) is 0 Å². The van der Waals surface area contributed by atoms with E-state index in [0.29, 0.717) is 0 Å². The molecule has 3 nitrogen and oxygen atoms in total. The van der Waals surface area contributed by atoms with E-state index in [9.17, 15) is 0 Å². The fourth-order valence-electron chi connectivity index (χ4n) is 9.89. The van der Waals surface area contributed by atoms with Gasteiger partial charge in [-0.25, -0.2) is 0 Å². The minimum Gasteiger partial charge on any atom is -0.455 e. The minimum absolute atomic E-state index is 0.911. The van der Waals surface area contributed by atoms with Gasteiger partial charge in [0.25, 0.3) is 0 Å². The van der Waals surface area contributed by atoms with Crippen LogP contribution in [0.2, 0.25) is 0 Å². The summed E-state index contributed by atoms with van der Waals surface area (Å²) in [7, 11) is 0. The molecule has 0 unspecified atom stereocenters. The summed E-state index contributed by atoms with van der Waals surface area (Å²) in [5.74, 6) is 0. The van der Waals surface area contributed by atoms with Crippen LogP contribution < -0.4 is 0 Å². The summed E-state index contributed by atoms with van der Waals surface area (Å²) in [6, 6.07) is 79.3. The second-order valence-corrected chi connectivity index (χ2v) is 16.1. The van der Waals surface area contributed by atoms with Crippen molar-refractivity contribution >= 4 is 76.3 Å². The minimum atomic E-state index is 0.911. The van der Waals surface area contributed by atoms with Crippen LogP contribution in [0.5, 0.6) is 0 Å². The molecule has 0 saturated carbocycles. The number of hydrogen-bond donors (Lipinski definition) is 0. The van der Waals surface area contributed by atoms with E-state index in [1.807, 2.05) is 12.1 Å². The van der Waals surface area contributed by atoms with Gasteiger partial charge in [0.15, 0.2) is 0 Å². The molecule has 284 valence electrons. The molecule has 0 bridgehead atoms. The first-order valence-electron chi connectivity index (χ1n) is 20.9. The normalized spacial score (nSPS) is 11.9. The predicted molar refractivity (Wildman–Crippen MR) is 256 cm³/mol. The van der Waals surface area contributed by atoms with Crippen LogP contribution in [0.4, 0.5) is 0 Å². The fraction of sp³-hybridized carbons (Fsp3) is 0. The zero-order valence-electron chi connectivity index (χ0n) is 33.1. The Balaban J connectivity index is 0.983. The van der Waals surface area contributed by atoms with Crippen LogP contribution in [-0.2, 0) is 0 Å². The van der Waals surface area contributed by atoms with Crippen molar-refractivity contribution in [3.63, 3.8) is 0 Å². The Morgan fingerprint density at radius 2 is 0.902 bits per heavy atom. The lowest BCUT2D eigenvalue weighted by atomic mass is 10.00. The third kappa shape index (κ3) is 5.17. The van der Waals surface area contributed by atoms with Crippen LogP contribution in [0.15, 0.2) is 223 Å². The van der Waals surface area contributed by atoms with Gasteiger partial charge in [-0.3, -0.25) is 0 Å². The van der Waals surface area contributed by atoms with Crippen molar-refractivity contribution in [3.05, 3.63) is 218 Å². The van der Waals surface area contributed by atoms with Gasteiger partial charge in [-0.15, -0.1) is 0 Å². The highest BCUT2D eigenvalue weighted by atomic mass is 16.3. The summed E-state index contributed by atoms with van der Waals surface area (Å²) < 4.78 is 11.3. The summed E-state index contributed by atoms with van der Waals surface area (Å²) in [6.07, 6.45) is 0. The molecule has 0 spiro atoms. The molecule has 10 aromatic carbocycles. The monoisotopic (exact) mass is 776 g/mol. The smallest absolute Gasteiger partial charge is 0.143 e. The molecule has 13 aromatic rings. The molecule has 0 radical (unpaired) electrons. The maximum Gasteiger partial charge on any atom is 0.143 e. The molecule has 3 heteroatoms. The Morgan fingerprint density at radius 1 is 0.295 bits per heavy atom. The highest BCUT2D eigenvalue weighted by molar-refractivity contribution is 6.22. The molecule has 0 atom stereocenters. The Labute approximate surface area is 351 Å². The molecule has 0 N–H and O–H groups in total. The van der Waals surface area contributed by atoms with E-state index < -0.39 is 0 Å². The molecule has 3 aromatic heterocycles. The standard InChI is InChI=1S/C58H36N2O/c1-2-12-37(13-3-1)40-15-10-16-44(34-40)60-53-33-28-38-14-4-5-17-45(38)57(53)51-32-27-42(36-55(51)60)41-26-31-48-47-18-6-8-22-52(47)59(54(48)35-41)43-29-24-39(25-30-43)46-20-11-21-50-49-19-7-9-23-56(49)61-58(46)50/h1-36H. The maximum absolute atomic E-state index is 6.42. The Bertz CT molecular complexity index is 3860. The van der Waals surface area contributed by atoms with Gasteiger partial charge in [0.05, 0.1) is 22.1 Å². The highest BCUT2D eigenvalue weighted by Gasteiger charge is 2.19. The third-order valence-electron chi connectivity index (χ3n) is 12.7. The number of rotatable bonds is 5. The first-order valence-corrected chi connectivity index (χ1v) is 20.9. The topological polar surface area (TPSA) is 23.0 Å². The quantitative estimate of drug-likeness (QED) is 0.171. The van der Waals surface area contributed by atoms with Gasteiger partial charge in [-0.1, -0.05) is 164 Å². The molecule has 0 aliphatic carbocycles. The van der Waals surface area contributed by atoms with Gasteiger partial charge in [0.2, 0.25) is 0 Å². The molecular formula is C58H36N2O. The molecule has 13 rings (SSSR count). The molecule has 0 saturated heterocycles. The molecular weight excluding hydrogens is 741 g/mol. The van der Waals surface area contributed by atoms with Gasteiger partial charge in [0, 0.05) is 49.3 Å². The Kier molecular flexibility index (Phi) is 7.31. The van der Waals surface area contributed by atoms with Gasteiger partial charge in [-0.05, 0) is 93.2 Å². The van der Waals surface area contributed by atoms with E-state index in [1.165, 1.54) is 76.6 Å². The zero-order valence-corrected chi connectivity index (χ0v) is 33.1. The average Bonchev–Trinajstić information content (AvgIpc) is 3.99. The first kappa shape index (κ1) is 33.8. The van der Waals surface area contributed by atoms with Crippen molar-refractivity contribution in [2.45, 2.75) is 0 Å². The molecule has 0 aliphatic rings. The molecule has 0 aliphatic heterocycles. The molecule has 61 heavy (non-hydrogen) atoms. The van der Waals surface area contributed by atoms with Crippen LogP contribution in [0, 0.1) is 0 Å². The number of para-hydroxylation sites is 3. The van der Waals surface area contributed by atoms with Crippen LogP contribution >= 0.6 is 0 Å². The van der Waals surface area contributed by atoms with Crippen molar-refractivity contribution in [2.75, 3.05) is 0 Å². The van der Waals surface area contributed by atoms with Crippen LogP contribution in [0.3, 0.4) is 0 Å². The van der Waals surface area contributed by atoms with E-state index >= 15 is 0 Å². The van der Waals surface area contributed by atoms with Crippen molar-refractivity contribution in [3.8, 4) is 44.8 Å². The number of hydrogen-bond acceptors (Lipinski definition) is 1. The van der Waals surface area contributed by atoms with Gasteiger partial charge < -0.3 is 13.6 Å². The number of aromatic nitrogens is 2. The van der Waals surface area contributed by atoms with E-state index in [0.717, 1.165) is 44.4 Å². The summed E-state index contributed by atoms with van der Waals surface area (Å²) in [5, 5.41) is 9.78. The van der Waals surface area contributed by atoms with Crippen molar-refractivity contribution in [2.24, 2.45) is 0 Å². The Morgan fingerprint density at radius 3 is 1.75 bits per heavy atom. The van der Waals surface area contributed by atoms with Gasteiger partial charge >= 0.3 is 0 Å². The van der Waals surface area contributed by atoms with Crippen molar-refractivity contribution in [1.82, 2.24) is 9.13 Å². The molecule has 0 fully saturated rings. The third-order valence-corrected chi connectivity index (χ3v) is 12.7. The second kappa shape index (κ2) is 13.2. The predicted octanol–water partition coefficient (Wildman–Crippen LogP) is 15.9. The lowest BCUT2D eigenvalue weighted by Crippen LogP contribution is -1.95. The largest absolute Gasteiger partial charge is 0.455 e. The highest BCUT2D eigenvalue weighted by Crippen LogP contribution is 2.42. The summed E-state index contributed by atoms with van der Waals surface area (Å²) in [5.41, 5.74) is 15.8. The van der Waals surface area contributed by atoms with Crippen molar-refractivity contribution in [1.29, 1.82) is 0 Å². The lowest BCUT2D eigenvalue weighted by Gasteiger charge is -2.12. The van der Waals surface area contributed by atoms with E-state index in [2.05, 4.69) is 215 Å². The van der Waals surface area contributed by atoms with Crippen LogP contribution in [0.25, 0.3) is 121 Å². The van der Waals surface area contributed by atoms with Gasteiger partial charge in [0.1, 0.15) is 11.2 Å². The number of nitrogens with zero attached hydrogens (tertiary/aromatic N) is 2. The fourth-order valence-corrected chi connectivity index (χ4v) is 9.89. The maximum atomic E-state index is 6.42. The summed E-state index contributed by atoms with van der Waals surface area (Å²) in [4.78, 5) is 0. The van der Waals surface area contributed by atoms with E-state index in [-0.39, 0.29) is 0 Å². The zero-order chi connectivity index (χ0) is 40.0. The summed E-state index contributed by atoms with van der Waals surface area (Å²) >= 11 is 0. The SMILES string of the molecule is c1ccc(-c2cccc(-n3c4cc(-c5ccc6c7ccccc7n(-c7ccc(-c8cccc9c8oc8ccccc89)cc7)c6c5)ccc4c4c5ccccc5ccc43)c2)cc1. The molecule has 0 amide bonds. The summed E-state index contributed by atoms with van der Waals surface area (Å²) in [6.45, 7) is 0. The average molecular weight is 777 g/mol.